The molecule has 2 aliphatic rings. The maximum atomic E-state index is 13.0. The molecule has 3 rings (SSSR count). The van der Waals surface area contributed by atoms with E-state index in [0.29, 0.717) is 25.9 Å². The molecule has 1 saturated heterocycles. The summed E-state index contributed by atoms with van der Waals surface area (Å²) in [6, 6.07) is 8.71. The van der Waals surface area contributed by atoms with E-state index in [9.17, 15) is 14.4 Å². The summed E-state index contributed by atoms with van der Waals surface area (Å²) in [5, 5.41) is 9.43. The van der Waals surface area contributed by atoms with Gasteiger partial charge in [-0.1, -0.05) is 12.8 Å². The SMILES string of the molecule is N#CC1(C(=O)N2CCN(c3ccc(F)cc3)CC2)CCCC1. The molecular weight excluding hydrogens is 281 g/mol. The molecule has 1 saturated carbocycles. The number of rotatable bonds is 2. The first kappa shape index (κ1) is 14.8. The fourth-order valence-corrected chi connectivity index (χ4v) is 3.47. The van der Waals surface area contributed by atoms with Crippen molar-refractivity contribution >= 4 is 11.6 Å². The maximum absolute atomic E-state index is 13.0. The lowest BCUT2D eigenvalue weighted by molar-refractivity contribution is -0.139. The van der Waals surface area contributed by atoms with E-state index in [1.807, 2.05) is 4.90 Å². The van der Waals surface area contributed by atoms with Crippen molar-refractivity contribution in [1.82, 2.24) is 4.90 Å². The summed E-state index contributed by atoms with van der Waals surface area (Å²) in [7, 11) is 0. The van der Waals surface area contributed by atoms with Gasteiger partial charge in [0, 0.05) is 31.9 Å². The molecule has 2 fully saturated rings. The first-order valence-electron chi connectivity index (χ1n) is 7.86. The Bertz CT molecular complexity index is 579. The van der Waals surface area contributed by atoms with Gasteiger partial charge in [0.25, 0.3) is 0 Å². The molecule has 116 valence electrons. The Morgan fingerprint density at radius 3 is 2.23 bits per heavy atom. The van der Waals surface area contributed by atoms with E-state index in [-0.39, 0.29) is 11.7 Å². The zero-order valence-corrected chi connectivity index (χ0v) is 12.6. The Hall–Kier alpha value is -2.09. The number of carbonyl (C=O) groups is 1. The summed E-state index contributed by atoms with van der Waals surface area (Å²) in [4.78, 5) is 16.7. The van der Waals surface area contributed by atoms with Crippen molar-refractivity contribution in [3.63, 3.8) is 0 Å². The van der Waals surface area contributed by atoms with Crippen LogP contribution in [0.4, 0.5) is 10.1 Å². The molecule has 0 bridgehead atoms. The molecule has 1 heterocycles. The van der Waals surface area contributed by atoms with Crippen LogP contribution in [0.3, 0.4) is 0 Å². The second-order valence-corrected chi connectivity index (χ2v) is 6.16. The van der Waals surface area contributed by atoms with Crippen LogP contribution >= 0.6 is 0 Å². The van der Waals surface area contributed by atoms with Gasteiger partial charge in [-0.2, -0.15) is 5.26 Å². The maximum Gasteiger partial charge on any atom is 0.243 e. The van der Waals surface area contributed by atoms with Crippen molar-refractivity contribution in [3.8, 4) is 6.07 Å². The Labute approximate surface area is 130 Å². The Morgan fingerprint density at radius 1 is 1.09 bits per heavy atom. The predicted octanol–water partition coefficient (Wildman–Crippen LogP) is 2.56. The van der Waals surface area contributed by atoms with Crippen molar-refractivity contribution in [2.75, 3.05) is 31.1 Å². The first-order valence-corrected chi connectivity index (χ1v) is 7.86. The topological polar surface area (TPSA) is 47.3 Å². The summed E-state index contributed by atoms with van der Waals surface area (Å²) in [6.07, 6.45) is 3.32. The normalized spacial score (nSPS) is 20.7. The Kier molecular flexibility index (Phi) is 4.02. The third-order valence-corrected chi connectivity index (χ3v) is 4.84. The molecule has 5 heteroatoms. The smallest absolute Gasteiger partial charge is 0.243 e. The highest BCUT2D eigenvalue weighted by Crippen LogP contribution is 2.39. The van der Waals surface area contributed by atoms with Crippen LogP contribution in [0.2, 0.25) is 0 Å². The fourth-order valence-electron chi connectivity index (χ4n) is 3.47. The monoisotopic (exact) mass is 301 g/mol. The van der Waals surface area contributed by atoms with E-state index >= 15 is 0 Å². The van der Waals surface area contributed by atoms with Gasteiger partial charge in [0.1, 0.15) is 11.2 Å². The molecule has 0 unspecified atom stereocenters. The number of hydrogen-bond acceptors (Lipinski definition) is 3. The molecule has 4 nitrogen and oxygen atoms in total. The zero-order chi connectivity index (χ0) is 15.6. The second-order valence-electron chi connectivity index (χ2n) is 6.16. The van der Waals surface area contributed by atoms with E-state index in [4.69, 9.17) is 0 Å². The Morgan fingerprint density at radius 2 is 1.68 bits per heavy atom. The van der Waals surface area contributed by atoms with Crippen molar-refractivity contribution in [1.29, 1.82) is 5.26 Å². The molecule has 22 heavy (non-hydrogen) atoms. The van der Waals surface area contributed by atoms with E-state index in [1.54, 1.807) is 12.1 Å². The molecule has 1 aliphatic carbocycles. The molecule has 1 amide bonds. The number of amides is 1. The van der Waals surface area contributed by atoms with E-state index < -0.39 is 5.41 Å². The molecule has 0 radical (unpaired) electrons. The van der Waals surface area contributed by atoms with Gasteiger partial charge >= 0.3 is 0 Å². The van der Waals surface area contributed by atoms with Crippen LogP contribution in [-0.4, -0.2) is 37.0 Å². The van der Waals surface area contributed by atoms with Crippen LogP contribution in [-0.2, 0) is 4.79 Å². The van der Waals surface area contributed by atoms with Gasteiger partial charge in [-0.15, -0.1) is 0 Å². The zero-order valence-electron chi connectivity index (χ0n) is 12.6. The largest absolute Gasteiger partial charge is 0.368 e. The number of hydrogen-bond donors (Lipinski definition) is 0. The quantitative estimate of drug-likeness (QED) is 0.843. The van der Waals surface area contributed by atoms with Crippen LogP contribution in [0.1, 0.15) is 25.7 Å². The summed E-state index contributed by atoms with van der Waals surface area (Å²) in [5.41, 5.74) is 0.197. The summed E-state index contributed by atoms with van der Waals surface area (Å²) in [5.74, 6) is -0.235. The van der Waals surface area contributed by atoms with Gasteiger partial charge in [0.2, 0.25) is 5.91 Å². The number of halogens is 1. The molecule has 0 atom stereocenters. The van der Waals surface area contributed by atoms with Crippen LogP contribution in [0, 0.1) is 22.6 Å². The third-order valence-electron chi connectivity index (χ3n) is 4.84. The van der Waals surface area contributed by atoms with Crippen molar-refractivity contribution < 1.29 is 9.18 Å². The van der Waals surface area contributed by atoms with E-state index in [0.717, 1.165) is 31.6 Å². The van der Waals surface area contributed by atoms with Gasteiger partial charge in [0.05, 0.1) is 6.07 Å². The average molecular weight is 301 g/mol. The van der Waals surface area contributed by atoms with E-state index in [1.165, 1.54) is 12.1 Å². The van der Waals surface area contributed by atoms with Crippen LogP contribution in [0.5, 0.6) is 0 Å². The molecule has 0 N–H and O–H groups in total. The summed E-state index contributed by atoms with van der Waals surface area (Å²) >= 11 is 0. The minimum absolute atomic E-state index is 0.00579. The summed E-state index contributed by atoms with van der Waals surface area (Å²) < 4.78 is 13.0. The predicted molar refractivity (Wildman–Crippen MR) is 81.7 cm³/mol. The van der Waals surface area contributed by atoms with Crippen molar-refractivity contribution in [3.05, 3.63) is 30.1 Å². The first-order chi connectivity index (χ1) is 10.6. The third kappa shape index (κ3) is 2.66. The number of nitrogens with zero attached hydrogens (tertiary/aromatic N) is 3. The van der Waals surface area contributed by atoms with Gasteiger partial charge in [-0.05, 0) is 37.1 Å². The minimum Gasteiger partial charge on any atom is -0.368 e. The highest BCUT2D eigenvalue weighted by atomic mass is 19.1. The van der Waals surface area contributed by atoms with Crippen molar-refractivity contribution in [2.45, 2.75) is 25.7 Å². The molecule has 1 aromatic carbocycles. The van der Waals surface area contributed by atoms with Gasteiger partial charge in [0.15, 0.2) is 0 Å². The highest BCUT2D eigenvalue weighted by Gasteiger charge is 2.44. The molecular formula is C17H20FN3O. The standard InChI is InChI=1S/C17H20FN3O/c18-14-3-5-15(6-4-14)20-9-11-21(12-10-20)16(22)17(13-19)7-1-2-8-17/h3-6H,1-2,7-12H2. The van der Waals surface area contributed by atoms with Gasteiger partial charge < -0.3 is 9.80 Å². The number of carbonyl (C=O) groups excluding carboxylic acids is 1. The molecule has 0 spiro atoms. The van der Waals surface area contributed by atoms with Crippen LogP contribution < -0.4 is 4.90 Å². The van der Waals surface area contributed by atoms with Crippen molar-refractivity contribution in [2.24, 2.45) is 5.41 Å². The van der Waals surface area contributed by atoms with Crippen LogP contribution in [0.15, 0.2) is 24.3 Å². The number of piperazine rings is 1. The number of nitriles is 1. The summed E-state index contributed by atoms with van der Waals surface area (Å²) in [6.45, 7) is 2.69. The lowest BCUT2D eigenvalue weighted by Gasteiger charge is -2.38. The number of benzene rings is 1. The highest BCUT2D eigenvalue weighted by molar-refractivity contribution is 5.86. The minimum atomic E-state index is -0.780. The van der Waals surface area contributed by atoms with E-state index in [2.05, 4.69) is 11.0 Å². The lowest BCUT2D eigenvalue weighted by atomic mass is 9.86. The van der Waals surface area contributed by atoms with Gasteiger partial charge in [-0.25, -0.2) is 4.39 Å². The number of anilines is 1. The Balaban J connectivity index is 1.63. The van der Waals surface area contributed by atoms with Crippen LogP contribution in [0.25, 0.3) is 0 Å². The average Bonchev–Trinajstić information content (AvgIpc) is 3.05. The molecule has 1 aliphatic heterocycles. The van der Waals surface area contributed by atoms with Gasteiger partial charge in [-0.3, -0.25) is 4.79 Å². The fraction of sp³-hybridized carbons (Fsp3) is 0.529. The molecule has 0 aromatic heterocycles. The molecule has 1 aromatic rings. The second kappa shape index (κ2) is 5.96. The lowest BCUT2D eigenvalue weighted by Crippen LogP contribution is -2.52.